The third kappa shape index (κ3) is 7.55. The first kappa shape index (κ1) is 26.7. The number of amides is 1. The average molecular weight is 508 g/mol. The van der Waals surface area contributed by atoms with Crippen molar-refractivity contribution >= 4 is 23.5 Å². The van der Waals surface area contributed by atoms with Crippen LogP contribution >= 0.6 is 11.6 Å². The third-order valence-corrected chi connectivity index (χ3v) is 6.23. The van der Waals surface area contributed by atoms with E-state index >= 15 is 0 Å². The Morgan fingerprint density at radius 1 is 1.11 bits per heavy atom. The predicted molar refractivity (Wildman–Crippen MR) is 130 cm³/mol. The fraction of sp³-hybridized carbons (Fsp3) is 0.440. The van der Waals surface area contributed by atoms with Gasteiger partial charge in [0.05, 0.1) is 6.61 Å². The zero-order valence-electron chi connectivity index (χ0n) is 19.8. The lowest BCUT2D eigenvalue weighted by Gasteiger charge is -2.44. The van der Waals surface area contributed by atoms with Crippen molar-refractivity contribution in [3.8, 4) is 11.5 Å². The third-order valence-electron chi connectivity index (χ3n) is 5.99. The van der Waals surface area contributed by atoms with Crippen LogP contribution in [0.1, 0.15) is 25.8 Å². The SMILES string of the molecule is C[C@@H]1CN(Cc2ccc(F)cc2)[C@@H](C)CN1C(=O)COc1ccc(Cl)cc1OCC[C@@H](N)C(=O)O. The van der Waals surface area contributed by atoms with Gasteiger partial charge in [-0.25, -0.2) is 4.39 Å². The summed E-state index contributed by atoms with van der Waals surface area (Å²) in [6.07, 6.45) is 0.109. The van der Waals surface area contributed by atoms with Crippen LogP contribution in [0.25, 0.3) is 0 Å². The number of hydrogen-bond acceptors (Lipinski definition) is 6. The molecule has 1 aliphatic rings. The molecule has 2 aromatic carbocycles. The molecule has 1 saturated heterocycles. The largest absolute Gasteiger partial charge is 0.490 e. The Morgan fingerprint density at radius 3 is 2.51 bits per heavy atom. The number of carboxylic acids is 1. The summed E-state index contributed by atoms with van der Waals surface area (Å²) in [6.45, 7) is 5.84. The van der Waals surface area contributed by atoms with Gasteiger partial charge in [-0.05, 0) is 43.7 Å². The summed E-state index contributed by atoms with van der Waals surface area (Å²) in [7, 11) is 0. The Kier molecular flexibility index (Phi) is 9.31. The number of benzene rings is 2. The van der Waals surface area contributed by atoms with Crippen LogP contribution in [-0.2, 0) is 16.1 Å². The first-order valence-corrected chi connectivity index (χ1v) is 11.8. The molecule has 3 N–H and O–H groups in total. The molecule has 3 atom stereocenters. The molecule has 3 rings (SSSR count). The number of carbonyl (C=O) groups is 2. The highest BCUT2D eigenvalue weighted by molar-refractivity contribution is 6.30. The van der Waals surface area contributed by atoms with E-state index in [0.29, 0.717) is 36.2 Å². The quantitative estimate of drug-likeness (QED) is 0.509. The normalized spacial score (nSPS) is 19.3. The number of hydrogen-bond donors (Lipinski definition) is 2. The number of nitrogens with two attached hydrogens (primary N) is 1. The van der Waals surface area contributed by atoms with Gasteiger partial charge >= 0.3 is 5.97 Å². The lowest BCUT2D eigenvalue weighted by molar-refractivity contribution is -0.140. The maximum atomic E-state index is 13.2. The molecule has 0 aromatic heterocycles. The molecule has 0 aliphatic carbocycles. The average Bonchev–Trinajstić information content (AvgIpc) is 2.81. The first-order chi connectivity index (χ1) is 16.6. The molecular weight excluding hydrogens is 477 g/mol. The van der Waals surface area contributed by atoms with E-state index in [1.165, 1.54) is 12.1 Å². The van der Waals surface area contributed by atoms with Crippen LogP contribution in [0.4, 0.5) is 4.39 Å². The number of nitrogens with zero attached hydrogens (tertiary/aromatic N) is 2. The highest BCUT2D eigenvalue weighted by atomic mass is 35.5. The lowest BCUT2D eigenvalue weighted by Crippen LogP contribution is -2.58. The molecule has 0 bridgehead atoms. The molecular formula is C25H31ClFN3O5. The smallest absolute Gasteiger partial charge is 0.320 e. The number of carbonyl (C=O) groups excluding carboxylic acids is 1. The van der Waals surface area contributed by atoms with E-state index in [9.17, 15) is 14.0 Å². The molecule has 35 heavy (non-hydrogen) atoms. The Balaban J connectivity index is 1.55. The van der Waals surface area contributed by atoms with Gasteiger partial charge < -0.3 is 25.2 Å². The molecule has 1 heterocycles. The van der Waals surface area contributed by atoms with Crippen molar-refractivity contribution in [1.82, 2.24) is 9.80 Å². The molecule has 1 amide bonds. The second kappa shape index (κ2) is 12.2. The summed E-state index contributed by atoms with van der Waals surface area (Å²) in [5, 5.41) is 9.32. The Hall–Kier alpha value is -2.88. The number of aliphatic carboxylic acids is 1. The number of ether oxygens (including phenoxy) is 2. The van der Waals surface area contributed by atoms with E-state index in [1.54, 1.807) is 35.2 Å². The maximum Gasteiger partial charge on any atom is 0.320 e. The fourth-order valence-corrected chi connectivity index (χ4v) is 4.11. The number of rotatable bonds is 10. The summed E-state index contributed by atoms with van der Waals surface area (Å²) in [6, 6.07) is 10.3. The first-order valence-electron chi connectivity index (χ1n) is 11.5. The van der Waals surface area contributed by atoms with Gasteiger partial charge in [-0.15, -0.1) is 0 Å². The van der Waals surface area contributed by atoms with Crippen LogP contribution in [0.15, 0.2) is 42.5 Å². The zero-order valence-corrected chi connectivity index (χ0v) is 20.6. The minimum absolute atomic E-state index is 0.0267. The monoisotopic (exact) mass is 507 g/mol. The summed E-state index contributed by atoms with van der Waals surface area (Å²) in [4.78, 5) is 27.9. The predicted octanol–water partition coefficient (Wildman–Crippen LogP) is 3.16. The number of piperazine rings is 1. The Labute approximate surface area is 209 Å². The van der Waals surface area contributed by atoms with Crippen molar-refractivity contribution in [2.75, 3.05) is 26.3 Å². The van der Waals surface area contributed by atoms with Crippen LogP contribution < -0.4 is 15.2 Å². The highest BCUT2D eigenvalue weighted by Gasteiger charge is 2.32. The van der Waals surface area contributed by atoms with Gasteiger partial charge in [0, 0.05) is 49.2 Å². The molecule has 1 fully saturated rings. The van der Waals surface area contributed by atoms with Crippen molar-refractivity contribution in [3.63, 3.8) is 0 Å². The molecule has 10 heteroatoms. The molecule has 1 aliphatic heterocycles. The number of halogens is 2. The van der Waals surface area contributed by atoms with Gasteiger partial charge in [0.15, 0.2) is 18.1 Å². The maximum absolute atomic E-state index is 13.2. The lowest BCUT2D eigenvalue weighted by atomic mass is 10.1. The van der Waals surface area contributed by atoms with Crippen LogP contribution in [0.5, 0.6) is 11.5 Å². The van der Waals surface area contributed by atoms with Gasteiger partial charge in [-0.3, -0.25) is 14.5 Å². The second-order valence-electron chi connectivity index (χ2n) is 8.76. The Morgan fingerprint density at radius 2 is 1.83 bits per heavy atom. The standard InChI is InChI=1S/C25H31ClFN3O5/c1-16-13-30(17(2)12-29(16)14-18-3-6-20(27)7-4-18)24(31)15-35-22-8-5-19(26)11-23(22)34-10-9-21(28)25(32)33/h3-8,11,16-17,21H,9-10,12-15,28H2,1-2H3,(H,32,33)/t16-,17+,21+/m0/s1. The molecule has 0 unspecified atom stereocenters. The topological polar surface area (TPSA) is 105 Å². The molecule has 8 nitrogen and oxygen atoms in total. The fourth-order valence-electron chi connectivity index (χ4n) is 3.95. The second-order valence-corrected chi connectivity index (χ2v) is 9.20. The zero-order chi connectivity index (χ0) is 25.5. The van der Waals surface area contributed by atoms with Gasteiger partial charge in [-0.2, -0.15) is 0 Å². The summed E-state index contributed by atoms with van der Waals surface area (Å²) in [5.74, 6) is -0.873. The van der Waals surface area contributed by atoms with Crippen molar-refractivity contribution in [1.29, 1.82) is 0 Å². The van der Waals surface area contributed by atoms with Crippen molar-refractivity contribution in [3.05, 3.63) is 58.9 Å². The summed E-state index contributed by atoms with van der Waals surface area (Å²) < 4.78 is 24.6. The van der Waals surface area contributed by atoms with Crippen molar-refractivity contribution in [2.24, 2.45) is 5.73 Å². The van der Waals surface area contributed by atoms with E-state index < -0.39 is 12.0 Å². The van der Waals surface area contributed by atoms with Gasteiger partial charge in [0.1, 0.15) is 11.9 Å². The van der Waals surface area contributed by atoms with Gasteiger partial charge in [-0.1, -0.05) is 23.7 Å². The van der Waals surface area contributed by atoms with Crippen LogP contribution in [0.3, 0.4) is 0 Å². The van der Waals surface area contributed by atoms with Crippen LogP contribution in [0.2, 0.25) is 5.02 Å². The van der Waals surface area contributed by atoms with Crippen molar-refractivity contribution < 1.29 is 28.6 Å². The minimum Gasteiger partial charge on any atom is -0.490 e. The van der Waals surface area contributed by atoms with E-state index in [1.807, 2.05) is 6.92 Å². The number of carboxylic acid groups (broad SMARTS) is 1. The molecule has 2 aromatic rings. The Bertz CT molecular complexity index is 1020. The van der Waals surface area contributed by atoms with Gasteiger partial charge in [0.25, 0.3) is 5.91 Å². The molecule has 0 radical (unpaired) electrons. The molecule has 0 saturated carbocycles. The highest BCUT2D eigenvalue weighted by Crippen LogP contribution is 2.31. The minimum atomic E-state index is -1.11. The van der Waals surface area contributed by atoms with Crippen molar-refractivity contribution in [2.45, 2.75) is 44.9 Å². The molecule has 0 spiro atoms. The van der Waals surface area contributed by atoms with Gasteiger partial charge in [0.2, 0.25) is 0 Å². The van der Waals surface area contributed by atoms with E-state index in [0.717, 1.165) is 5.56 Å². The van der Waals surface area contributed by atoms with Crippen LogP contribution in [-0.4, -0.2) is 71.2 Å². The molecule has 190 valence electrons. The van der Waals surface area contributed by atoms with E-state index in [2.05, 4.69) is 11.8 Å². The van der Waals surface area contributed by atoms with E-state index in [-0.39, 0.29) is 43.4 Å². The summed E-state index contributed by atoms with van der Waals surface area (Å²) >= 11 is 6.05. The van der Waals surface area contributed by atoms with E-state index in [4.69, 9.17) is 31.9 Å². The summed E-state index contributed by atoms with van der Waals surface area (Å²) in [5.41, 5.74) is 6.53. The van der Waals surface area contributed by atoms with Crippen LogP contribution in [0, 0.1) is 5.82 Å².